The highest BCUT2D eigenvalue weighted by Gasteiger charge is 2.33. The molecule has 0 saturated carbocycles. The van der Waals surface area contributed by atoms with E-state index in [0.717, 1.165) is 28.7 Å². The van der Waals surface area contributed by atoms with Gasteiger partial charge in [0, 0.05) is 37.5 Å². The summed E-state index contributed by atoms with van der Waals surface area (Å²) in [6.45, 7) is 2.63. The molecule has 1 aliphatic rings. The van der Waals surface area contributed by atoms with Crippen molar-refractivity contribution in [2.75, 3.05) is 6.61 Å². The third-order valence-corrected chi connectivity index (χ3v) is 4.86. The largest absolute Gasteiger partial charge is 0.371 e. The number of benzene rings is 1. The summed E-state index contributed by atoms with van der Waals surface area (Å²) < 4.78 is 9.35. The molecule has 8 nitrogen and oxygen atoms in total. The van der Waals surface area contributed by atoms with Crippen LogP contribution in [0.25, 0.3) is 11.0 Å². The summed E-state index contributed by atoms with van der Waals surface area (Å²) in [5, 5.41) is 15.4. The lowest BCUT2D eigenvalue weighted by Gasteiger charge is -2.20. The van der Waals surface area contributed by atoms with E-state index < -0.39 is 0 Å². The molecule has 0 bridgehead atoms. The zero-order chi connectivity index (χ0) is 17.6. The van der Waals surface area contributed by atoms with Gasteiger partial charge >= 0.3 is 0 Å². The van der Waals surface area contributed by atoms with E-state index >= 15 is 0 Å². The van der Waals surface area contributed by atoms with E-state index in [4.69, 9.17) is 4.74 Å². The fourth-order valence-electron chi connectivity index (χ4n) is 3.26. The monoisotopic (exact) mass is 340 g/mol. The molecule has 0 aliphatic carbocycles. The molecule has 2 aromatic heterocycles. The number of aromatic nitrogens is 5. The molecule has 4 rings (SSSR count). The van der Waals surface area contributed by atoms with Gasteiger partial charge in [0.1, 0.15) is 11.6 Å². The number of ether oxygens (including phenoxy) is 1. The van der Waals surface area contributed by atoms with Gasteiger partial charge in [-0.05, 0) is 31.5 Å². The topological polar surface area (TPSA) is 86.9 Å². The number of rotatable bonds is 3. The lowest BCUT2D eigenvalue weighted by atomic mass is 10.0. The molecule has 1 amide bonds. The van der Waals surface area contributed by atoms with Crippen LogP contribution >= 0.6 is 0 Å². The van der Waals surface area contributed by atoms with Gasteiger partial charge in [-0.1, -0.05) is 5.21 Å². The number of nitrogens with zero attached hydrogens (tertiary/aromatic N) is 5. The highest BCUT2D eigenvalue weighted by molar-refractivity contribution is 5.97. The molecule has 130 valence electrons. The van der Waals surface area contributed by atoms with Crippen molar-refractivity contribution in [3.05, 3.63) is 41.2 Å². The Kier molecular flexibility index (Phi) is 3.76. The van der Waals surface area contributed by atoms with Crippen molar-refractivity contribution in [1.82, 2.24) is 30.1 Å². The lowest BCUT2D eigenvalue weighted by molar-refractivity contribution is 0.0819. The highest BCUT2D eigenvalue weighted by atomic mass is 16.5. The Bertz CT molecular complexity index is 944. The minimum absolute atomic E-state index is 0.0734. The lowest BCUT2D eigenvalue weighted by Crippen LogP contribution is -2.37. The molecule has 25 heavy (non-hydrogen) atoms. The van der Waals surface area contributed by atoms with Crippen LogP contribution in [-0.2, 0) is 18.8 Å². The fraction of sp³-hybridized carbons (Fsp3) is 0.412. The molecular weight excluding hydrogens is 320 g/mol. The summed E-state index contributed by atoms with van der Waals surface area (Å²) in [6.07, 6.45) is 2.43. The average Bonchev–Trinajstić information content (AvgIpc) is 3.29. The number of hydrogen-bond donors (Lipinski definition) is 1. The van der Waals surface area contributed by atoms with Crippen LogP contribution in [0, 0.1) is 6.92 Å². The van der Waals surface area contributed by atoms with Gasteiger partial charge in [0.15, 0.2) is 0 Å². The number of aryl methyl sites for hydroxylation is 2. The van der Waals surface area contributed by atoms with Crippen LogP contribution in [0.1, 0.15) is 34.1 Å². The van der Waals surface area contributed by atoms with E-state index in [1.54, 1.807) is 10.7 Å². The second-order valence-electron chi connectivity index (χ2n) is 6.39. The summed E-state index contributed by atoms with van der Waals surface area (Å²) in [4.78, 5) is 12.7. The van der Waals surface area contributed by atoms with E-state index in [-0.39, 0.29) is 18.1 Å². The Morgan fingerprint density at radius 1 is 1.32 bits per heavy atom. The van der Waals surface area contributed by atoms with Crippen LogP contribution < -0.4 is 5.32 Å². The first kappa shape index (κ1) is 15.8. The van der Waals surface area contributed by atoms with Crippen molar-refractivity contribution in [3.63, 3.8) is 0 Å². The van der Waals surface area contributed by atoms with Crippen molar-refractivity contribution < 1.29 is 9.53 Å². The quantitative estimate of drug-likeness (QED) is 0.776. The number of carbonyl (C=O) groups is 1. The normalized spacial score (nSPS) is 20.3. The van der Waals surface area contributed by atoms with Crippen LogP contribution in [0.15, 0.2) is 24.4 Å². The SMILES string of the molecule is Cc1c([C@H]2OCC[C@@H]2NC(=O)c2ccc3nnn(C)c3c2)cnn1C. The first-order valence-corrected chi connectivity index (χ1v) is 8.25. The molecule has 3 aromatic rings. The van der Waals surface area contributed by atoms with Crippen molar-refractivity contribution in [3.8, 4) is 0 Å². The molecule has 1 fully saturated rings. The fourth-order valence-corrected chi connectivity index (χ4v) is 3.26. The van der Waals surface area contributed by atoms with Crippen molar-refractivity contribution >= 4 is 16.9 Å². The third-order valence-electron chi connectivity index (χ3n) is 4.86. The van der Waals surface area contributed by atoms with Gasteiger partial charge in [-0.2, -0.15) is 5.10 Å². The molecule has 1 aliphatic heterocycles. The highest BCUT2D eigenvalue weighted by Crippen LogP contribution is 2.31. The van der Waals surface area contributed by atoms with Gasteiger partial charge in [-0.3, -0.25) is 9.48 Å². The first-order valence-electron chi connectivity index (χ1n) is 8.25. The second kappa shape index (κ2) is 5.96. The minimum Gasteiger partial charge on any atom is -0.371 e. The van der Waals surface area contributed by atoms with Crippen LogP contribution in [0.4, 0.5) is 0 Å². The molecule has 3 heterocycles. The van der Waals surface area contributed by atoms with Crippen molar-refractivity contribution in [2.45, 2.75) is 25.5 Å². The van der Waals surface area contributed by atoms with E-state index in [2.05, 4.69) is 20.7 Å². The Morgan fingerprint density at radius 2 is 2.16 bits per heavy atom. The summed E-state index contributed by atoms with van der Waals surface area (Å²) in [6, 6.07) is 5.32. The maximum atomic E-state index is 12.7. The number of carbonyl (C=O) groups excluding carboxylic acids is 1. The number of nitrogens with one attached hydrogen (secondary N) is 1. The van der Waals surface area contributed by atoms with Crippen LogP contribution in [0.2, 0.25) is 0 Å². The number of hydrogen-bond acceptors (Lipinski definition) is 5. The summed E-state index contributed by atoms with van der Waals surface area (Å²) >= 11 is 0. The van der Waals surface area contributed by atoms with Gasteiger partial charge in [-0.15, -0.1) is 5.10 Å². The Morgan fingerprint density at radius 3 is 2.92 bits per heavy atom. The number of fused-ring (bicyclic) bond motifs is 1. The zero-order valence-corrected chi connectivity index (χ0v) is 14.4. The van der Waals surface area contributed by atoms with Gasteiger partial charge in [0.25, 0.3) is 5.91 Å². The van der Waals surface area contributed by atoms with Gasteiger partial charge in [0.2, 0.25) is 0 Å². The molecule has 1 N–H and O–H groups in total. The molecule has 0 spiro atoms. The predicted molar refractivity (Wildman–Crippen MR) is 91.0 cm³/mol. The minimum atomic E-state index is -0.167. The maximum Gasteiger partial charge on any atom is 0.251 e. The molecule has 0 unspecified atom stereocenters. The zero-order valence-electron chi connectivity index (χ0n) is 14.4. The van der Waals surface area contributed by atoms with E-state index in [1.807, 2.05) is 44.0 Å². The molecule has 2 atom stereocenters. The maximum absolute atomic E-state index is 12.7. The summed E-state index contributed by atoms with van der Waals surface area (Å²) in [7, 11) is 3.71. The van der Waals surface area contributed by atoms with Gasteiger partial charge in [-0.25, -0.2) is 4.68 Å². The molecule has 1 saturated heterocycles. The van der Waals surface area contributed by atoms with E-state index in [0.29, 0.717) is 12.2 Å². The Labute approximate surface area is 144 Å². The van der Waals surface area contributed by atoms with Gasteiger partial charge in [0.05, 0.1) is 17.8 Å². The smallest absolute Gasteiger partial charge is 0.251 e. The predicted octanol–water partition coefficient (Wildman–Crippen LogP) is 1.27. The molecule has 1 aromatic carbocycles. The van der Waals surface area contributed by atoms with E-state index in [9.17, 15) is 4.79 Å². The summed E-state index contributed by atoms with van der Waals surface area (Å²) in [5.74, 6) is -0.120. The van der Waals surface area contributed by atoms with Crippen LogP contribution in [-0.4, -0.2) is 43.3 Å². The molecule has 0 radical (unpaired) electrons. The van der Waals surface area contributed by atoms with Crippen LogP contribution in [0.5, 0.6) is 0 Å². The Hall–Kier alpha value is -2.74. The van der Waals surface area contributed by atoms with Crippen molar-refractivity contribution in [1.29, 1.82) is 0 Å². The molecular formula is C17H20N6O2. The van der Waals surface area contributed by atoms with Gasteiger partial charge < -0.3 is 10.1 Å². The molecule has 8 heteroatoms. The van der Waals surface area contributed by atoms with E-state index in [1.165, 1.54) is 0 Å². The Balaban J connectivity index is 1.56. The summed E-state index contributed by atoms with van der Waals surface area (Å²) in [5.41, 5.74) is 4.26. The standard InChI is InChI=1S/C17H20N6O2/c1-10-12(9-18-22(10)2)16-14(6-7-25-16)19-17(24)11-4-5-13-15(8-11)23(3)21-20-13/h4-5,8-9,14,16H,6-7H2,1-3H3,(H,19,24)/t14-,16+/m0/s1. The van der Waals surface area contributed by atoms with Crippen LogP contribution in [0.3, 0.4) is 0 Å². The van der Waals surface area contributed by atoms with Crippen molar-refractivity contribution in [2.24, 2.45) is 14.1 Å². The number of amides is 1. The third kappa shape index (κ3) is 2.68. The first-order chi connectivity index (χ1) is 12.0. The second-order valence-corrected chi connectivity index (χ2v) is 6.39. The average molecular weight is 340 g/mol.